The molecule has 3 aliphatic heterocycles. The summed E-state index contributed by atoms with van der Waals surface area (Å²) in [6.07, 6.45) is 7.29. The topological polar surface area (TPSA) is 28.6 Å². The molecule has 0 N–H and O–H groups in total. The number of aromatic nitrogens is 1. The Bertz CT molecular complexity index is 503. The van der Waals surface area contributed by atoms with E-state index in [2.05, 4.69) is 26.9 Å². The molecule has 3 aliphatic rings. The van der Waals surface area contributed by atoms with Crippen LogP contribution in [0.2, 0.25) is 0 Å². The molecular formula is C19H29N3O. The molecule has 4 heterocycles. The van der Waals surface area contributed by atoms with Gasteiger partial charge >= 0.3 is 0 Å². The van der Waals surface area contributed by atoms with Gasteiger partial charge in [0, 0.05) is 39.0 Å². The van der Waals surface area contributed by atoms with Crippen molar-refractivity contribution in [2.24, 2.45) is 11.3 Å². The van der Waals surface area contributed by atoms with E-state index < -0.39 is 0 Å². The lowest BCUT2D eigenvalue weighted by atomic mass is 9.79. The van der Waals surface area contributed by atoms with E-state index in [0.29, 0.717) is 5.41 Å². The zero-order chi connectivity index (χ0) is 15.5. The monoisotopic (exact) mass is 315 g/mol. The molecule has 0 amide bonds. The van der Waals surface area contributed by atoms with Crippen LogP contribution in [0.15, 0.2) is 24.4 Å². The van der Waals surface area contributed by atoms with E-state index in [1.54, 1.807) is 0 Å². The summed E-state index contributed by atoms with van der Waals surface area (Å²) in [5.41, 5.74) is 1.74. The average molecular weight is 315 g/mol. The van der Waals surface area contributed by atoms with Crippen molar-refractivity contribution in [2.75, 3.05) is 45.9 Å². The van der Waals surface area contributed by atoms with Crippen LogP contribution in [-0.2, 0) is 11.3 Å². The number of rotatable bonds is 4. The van der Waals surface area contributed by atoms with Gasteiger partial charge in [-0.15, -0.1) is 0 Å². The second kappa shape index (κ2) is 6.88. The van der Waals surface area contributed by atoms with Crippen LogP contribution in [0.1, 0.15) is 31.4 Å². The van der Waals surface area contributed by atoms with Crippen LogP contribution in [0, 0.1) is 11.3 Å². The summed E-state index contributed by atoms with van der Waals surface area (Å²) in [6.45, 7) is 9.28. The van der Waals surface area contributed by atoms with E-state index in [1.807, 2.05) is 12.3 Å². The standard InChI is InChI=1S/C19H29N3O/c1-2-8-20-18(4-1)13-21-9-3-6-19(15-21)7-10-22(16-19)12-17-5-11-23-14-17/h1-2,4,8,17H,3,5-7,9-16H2/t17-,19-/m1/s1. The highest BCUT2D eigenvalue weighted by Crippen LogP contribution is 2.39. The van der Waals surface area contributed by atoms with Gasteiger partial charge in [-0.1, -0.05) is 6.07 Å². The smallest absolute Gasteiger partial charge is 0.0543 e. The maximum absolute atomic E-state index is 5.55. The summed E-state index contributed by atoms with van der Waals surface area (Å²) >= 11 is 0. The lowest BCUT2D eigenvalue weighted by Crippen LogP contribution is -2.44. The van der Waals surface area contributed by atoms with Crippen molar-refractivity contribution in [3.8, 4) is 0 Å². The Morgan fingerprint density at radius 2 is 2.13 bits per heavy atom. The molecule has 0 saturated carbocycles. The summed E-state index contributed by atoms with van der Waals surface area (Å²) < 4.78 is 5.55. The normalized spacial score (nSPS) is 32.8. The third-order valence-corrected chi connectivity index (χ3v) is 5.91. The van der Waals surface area contributed by atoms with Gasteiger partial charge in [-0.3, -0.25) is 9.88 Å². The highest BCUT2D eigenvalue weighted by molar-refractivity contribution is 5.04. The predicted molar refractivity (Wildman–Crippen MR) is 91.2 cm³/mol. The van der Waals surface area contributed by atoms with Gasteiger partial charge in [0.25, 0.3) is 0 Å². The second-order valence-electron chi connectivity index (χ2n) is 7.85. The highest BCUT2D eigenvalue weighted by Gasteiger charge is 2.41. The van der Waals surface area contributed by atoms with Crippen molar-refractivity contribution >= 4 is 0 Å². The minimum atomic E-state index is 0.534. The number of likely N-dealkylation sites (tertiary alicyclic amines) is 2. The highest BCUT2D eigenvalue weighted by atomic mass is 16.5. The quantitative estimate of drug-likeness (QED) is 0.853. The van der Waals surface area contributed by atoms with Gasteiger partial charge in [0.1, 0.15) is 0 Å². The zero-order valence-electron chi connectivity index (χ0n) is 14.1. The van der Waals surface area contributed by atoms with Gasteiger partial charge in [-0.25, -0.2) is 0 Å². The van der Waals surface area contributed by atoms with E-state index in [4.69, 9.17) is 4.74 Å². The number of pyridine rings is 1. The van der Waals surface area contributed by atoms with Gasteiger partial charge in [0.15, 0.2) is 0 Å². The third kappa shape index (κ3) is 3.76. The van der Waals surface area contributed by atoms with Crippen molar-refractivity contribution in [1.29, 1.82) is 0 Å². The van der Waals surface area contributed by atoms with E-state index >= 15 is 0 Å². The molecule has 4 rings (SSSR count). The maximum atomic E-state index is 5.55. The molecule has 2 atom stereocenters. The molecule has 1 aromatic heterocycles. The number of hydrogen-bond acceptors (Lipinski definition) is 4. The number of ether oxygens (including phenoxy) is 1. The van der Waals surface area contributed by atoms with Crippen LogP contribution < -0.4 is 0 Å². The third-order valence-electron chi connectivity index (χ3n) is 5.91. The summed E-state index contributed by atoms with van der Waals surface area (Å²) in [6, 6.07) is 6.26. The Morgan fingerprint density at radius 3 is 2.96 bits per heavy atom. The van der Waals surface area contributed by atoms with Gasteiger partial charge in [-0.05, 0) is 62.2 Å². The van der Waals surface area contributed by atoms with Gasteiger partial charge in [-0.2, -0.15) is 0 Å². The van der Waals surface area contributed by atoms with Crippen LogP contribution in [0.3, 0.4) is 0 Å². The number of nitrogens with zero attached hydrogens (tertiary/aromatic N) is 3. The molecular weight excluding hydrogens is 286 g/mol. The summed E-state index contributed by atoms with van der Waals surface area (Å²) in [4.78, 5) is 9.85. The van der Waals surface area contributed by atoms with Crippen molar-refractivity contribution < 1.29 is 4.74 Å². The van der Waals surface area contributed by atoms with Crippen molar-refractivity contribution in [1.82, 2.24) is 14.8 Å². The van der Waals surface area contributed by atoms with Crippen molar-refractivity contribution in [3.05, 3.63) is 30.1 Å². The van der Waals surface area contributed by atoms with E-state index in [1.165, 1.54) is 64.1 Å². The maximum Gasteiger partial charge on any atom is 0.0543 e. The van der Waals surface area contributed by atoms with E-state index in [9.17, 15) is 0 Å². The molecule has 23 heavy (non-hydrogen) atoms. The Hall–Kier alpha value is -0.970. The van der Waals surface area contributed by atoms with Gasteiger partial charge in [0.05, 0.1) is 12.3 Å². The molecule has 0 aromatic carbocycles. The first-order valence-electron chi connectivity index (χ1n) is 9.24. The lowest BCUT2D eigenvalue weighted by molar-refractivity contribution is 0.0838. The largest absolute Gasteiger partial charge is 0.381 e. The fraction of sp³-hybridized carbons (Fsp3) is 0.737. The summed E-state index contributed by atoms with van der Waals surface area (Å²) in [5, 5.41) is 0. The molecule has 0 bridgehead atoms. The molecule has 1 spiro atoms. The number of piperidine rings is 1. The molecule has 126 valence electrons. The Kier molecular flexibility index (Phi) is 4.65. The molecule has 3 fully saturated rings. The fourth-order valence-corrected chi connectivity index (χ4v) is 4.77. The van der Waals surface area contributed by atoms with Gasteiger partial charge < -0.3 is 9.64 Å². The fourth-order valence-electron chi connectivity index (χ4n) is 4.77. The van der Waals surface area contributed by atoms with E-state index in [0.717, 1.165) is 25.7 Å². The Balaban J connectivity index is 1.33. The van der Waals surface area contributed by atoms with Crippen molar-refractivity contribution in [2.45, 2.75) is 32.2 Å². The molecule has 1 aromatic rings. The predicted octanol–water partition coefficient (Wildman–Crippen LogP) is 2.41. The van der Waals surface area contributed by atoms with Crippen LogP contribution >= 0.6 is 0 Å². The molecule has 4 heteroatoms. The zero-order valence-corrected chi connectivity index (χ0v) is 14.1. The first kappa shape index (κ1) is 15.6. The SMILES string of the molecule is c1ccc(CN2CCC[C@@]3(CCN(C[C@H]4CCOC4)C3)C2)nc1. The summed E-state index contributed by atoms with van der Waals surface area (Å²) in [7, 11) is 0. The molecule has 0 unspecified atom stereocenters. The summed E-state index contributed by atoms with van der Waals surface area (Å²) in [5.74, 6) is 0.776. The van der Waals surface area contributed by atoms with Crippen LogP contribution in [0.5, 0.6) is 0 Å². The Labute approximate surface area is 139 Å². The lowest BCUT2D eigenvalue weighted by Gasteiger charge is -2.40. The minimum Gasteiger partial charge on any atom is -0.381 e. The molecule has 4 nitrogen and oxygen atoms in total. The van der Waals surface area contributed by atoms with Crippen molar-refractivity contribution in [3.63, 3.8) is 0 Å². The van der Waals surface area contributed by atoms with Crippen LogP contribution in [0.25, 0.3) is 0 Å². The minimum absolute atomic E-state index is 0.534. The first-order valence-corrected chi connectivity index (χ1v) is 9.24. The molecule has 3 saturated heterocycles. The number of hydrogen-bond donors (Lipinski definition) is 0. The van der Waals surface area contributed by atoms with Crippen LogP contribution in [-0.4, -0.2) is 60.7 Å². The van der Waals surface area contributed by atoms with Crippen LogP contribution in [0.4, 0.5) is 0 Å². The Morgan fingerprint density at radius 1 is 1.17 bits per heavy atom. The van der Waals surface area contributed by atoms with Gasteiger partial charge in [0.2, 0.25) is 0 Å². The van der Waals surface area contributed by atoms with E-state index in [-0.39, 0.29) is 0 Å². The molecule has 0 radical (unpaired) electrons. The first-order chi connectivity index (χ1) is 11.3. The average Bonchev–Trinajstić information content (AvgIpc) is 3.20. The molecule has 0 aliphatic carbocycles. The second-order valence-corrected chi connectivity index (χ2v) is 7.85.